The number of nitrogens with zero attached hydrogens (tertiary/aromatic N) is 5. The molecule has 4 heterocycles. The third kappa shape index (κ3) is 4.16. The van der Waals surface area contributed by atoms with Gasteiger partial charge in [0.05, 0.1) is 0 Å². The maximum absolute atomic E-state index is 5.13. The Bertz CT molecular complexity index is 808. The summed E-state index contributed by atoms with van der Waals surface area (Å²) >= 11 is 0. The van der Waals surface area contributed by atoms with E-state index < -0.39 is 0 Å². The third-order valence-electron chi connectivity index (χ3n) is 7.92. The number of likely N-dealkylation sites (tertiary alicyclic amines) is 2. The predicted molar refractivity (Wildman–Crippen MR) is 123 cm³/mol. The molecule has 0 bridgehead atoms. The maximum atomic E-state index is 5.13. The van der Waals surface area contributed by atoms with Gasteiger partial charge in [-0.1, -0.05) is 26.2 Å². The lowest BCUT2D eigenvalue weighted by molar-refractivity contribution is 0.0791. The summed E-state index contributed by atoms with van der Waals surface area (Å²) in [7, 11) is 0. The number of piperidine rings is 2. The topological polar surface area (TPSA) is 37.2 Å². The summed E-state index contributed by atoms with van der Waals surface area (Å²) in [6, 6.07) is 5.56. The Morgan fingerprint density at radius 1 is 0.900 bits per heavy atom. The maximum Gasteiger partial charge on any atom is 0.160 e. The second-order valence-electron chi connectivity index (χ2n) is 9.86. The summed E-state index contributed by atoms with van der Waals surface area (Å²) in [4.78, 5) is 15.4. The van der Waals surface area contributed by atoms with E-state index in [1.165, 1.54) is 103 Å². The SMILES string of the molecule is CCCN1CCC(N2CCC(n3c(C4CCCCC4)nc4cccnc43)CC2)CC1. The second-order valence-corrected chi connectivity index (χ2v) is 9.86. The minimum atomic E-state index is 0.568. The van der Waals surface area contributed by atoms with Gasteiger partial charge < -0.3 is 14.4 Å². The Labute approximate surface area is 181 Å². The van der Waals surface area contributed by atoms with Crippen LogP contribution in [0.3, 0.4) is 0 Å². The number of hydrogen-bond acceptors (Lipinski definition) is 4. The fourth-order valence-electron chi connectivity index (χ4n) is 6.29. The van der Waals surface area contributed by atoms with E-state index in [0.29, 0.717) is 12.0 Å². The van der Waals surface area contributed by atoms with Gasteiger partial charge in [0.2, 0.25) is 0 Å². The van der Waals surface area contributed by atoms with E-state index in [9.17, 15) is 0 Å². The highest BCUT2D eigenvalue weighted by molar-refractivity contribution is 5.71. The first-order valence-corrected chi connectivity index (χ1v) is 12.6. The summed E-state index contributed by atoms with van der Waals surface area (Å²) in [6.07, 6.45) is 15.2. The molecule has 5 rings (SSSR count). The highest BCUT2D eigenvalue weighted by Gasteiger charge is 2.32. The molecule has 5 nitrogen and oxygen atoms in total. The molecular formula is C25H39N5. The molecule has 5 heteroatoms. The predicted octanol–water partition coefficient (Wildman–Crippen LogP) is 4.99. The number of rotatable bonds is 5. The van der Waals surface area contributed by atoms with Crippen molar-refractivity contribution < 1.29 is 0 Å². The number of imidazole rings is 1. The molecule has 3 fully saturated rings. The lowest BCUT2D eigenvalue weighted by Gasteiger charge is -2.42. The second kappa shape index (κ2) is 9.35. The largest absolute Gasteiger partial charge is 0.309 e. The first kappa shape index (κ1) is 20.4. The fourth-order valence-corrected chi connectivity index (χ4v) is 6.29. The van der Waals surface area contributed by atoms with Gasteiger partial charge in [-0.05, 0) is 76.7 Å². The average molecular weight is 410 g/mol. The van der Waals surface area contributed by atoms with Gasteiger partial charge in [0, 0.05) is 37.3 Å². The van der Waals surface area contributed by atoms with Crippen molar-refractivity contribution in [1.29, 1.82) is 0 Å². The molecule has 164 valence electrons. The molecule has 2 aliphatic heterocycles. The van der Waals surface area contributed by atoms with Gasteiger partial charge in [-0.3, -0.25) is 0 Å². The van der Waals surface area contributed by atoms with Crippen LogP contribution in [0.25, 0.3) is 11.2 Å². The van der Waals surface area contributed by atoms with E-state index >= 15 is 0 Å². The summed E-state index contributed by atoms with van der Waals surface area (Å²) in [5, 5.41) is 0. The van der Waals surface area contributed by atoms with E-state index in [-0.39, 0.29) is 0 Å². The minimum absolute atomic E-state index is 0.568. The Morgan fingerprint density at radius 3 is 2.37 bits per heavy atom. The van der Waals surface area contributed by atoms with Crippen molar-refractivity contribution in [3.8, 4) is 0 Å². The molecule has 1 aliphatic carbocycles. The zero-order chi connectivity index (χ0) is 20.3. The number of pyridine rings is 1. The molecule has 0 amide bonds. The van der Waals surface area contributed by atoms with Crippen molar-refractivity contribution in [2.24, 2.45) is 0 Å². The van der Waals surface area contributed by atoms with Crippen LogP contribution in [0.4, 0.5) is 0 Å². The van der Waals surface area contributed by atoms with Crippen LogP contribution in [0.5, 0.6) is 0 Å². The monoisotopic (exact) mass is 409 g/mol. The molecular weight excluding hydrogens is 370 g/mol. The highest BCUT2D eigenvalue weighted by atomic mass is 15.2. The summed E-state index contributed by atoms with van der Waals surface area (Å²) in [5.74, 6) is 1.98. The molecule has 0 atom stereocenters. The van der Waals surface area contributed by atoms with Crippen LogP contribution in [-0.4, -0.2) is 63.1 Å². The van der Waals surface area contributed by atoms with Crippen LogP contribution >= 0.6 is 0 Å². The van der Waals surface area contributed by atoms with Crippen LogP contribution in [-0.2, 0) is 0 Å². The van der Waals surface area contributed by atoms with E-state index in [4.69, 9.17) is 9.97 Å². The van der Waals surface area contributed by atoms with Gasteiger partial charge in [-0.25, -0.2) is 9.97 Å². The third-order valence-corrected chi connectivity index (χ3v) is 7.92. The Balaban J connectivity index is 1.29. The van der Waals surface area contributed by atoms with Gasteiger partial charge in [0.25, 0.3) is 0 Å². The molecule has 0 radical (unpaired) electrons. The molecule has 2 aromatic heterocycles. The highest BCUT2D eigenvalue weighted by Crippen LogP contribution is 2.37. The molecule has 2 saturated heterocycles. The van der Waals surface area contributed by atoms with Crippen molar-refractivity contribution in [2.75, 3.05) is 32.7 Å². The van der Waals surface area contributed by atoms with Crippen LogP contribution < -0.4 is 0 Å². The molecule has 0 unspecified atom stereocenters. The van der Waals surface area contributed by atoms with Gasteiger partial charge in [-0.2, -0.15) is 0 Å². The number of aromatic nitrogens is 3. The van der Waals surface area contributed by atoms with E-state index in [0.717, 1.165) is 17.2 Å². The minimum Gasteiger partial charge on any atom is -0.309 e. The molecule has 0 spiro atoms. The standard InChI is InChI=1S/C25H39N5/c1-2-15-28-16-10-21(11-17-28)29-18-12-22(13-19-29)30-24(20-7-4-3-5-8-20)27-23-9-6-14-26-25(23)30/h6,9,14,20-22H,2-5,7-8,10-13,15-19H2,1H3. The van der Waals surface area contributed by atoms with Crippen molar-refractivity contribution in [3.05, 3.63) is 24.2 Å². The Morgan fingerprint density at radius 2 is 1.63 bits per heavy atom. The molecule has 3 aliphatic rings. The number of fused-ring (bicyclic) bond motifs is 1. The Kier molecular flexibility index (Phi) is 6.37. The van der Waals surface area contributed by atoms with E-state index in [2.05, 4.69) is 27.4 Å². The van der Waals surface area contributed by atoms with E-state index in [1.54, 1.807) is 0 Å². The van der Waals surface area contributed by atoms with E-state index in [1.807, 2.05) is 12.3 Å². The quantitative estimate of drug-likeness (QED) is 0.697. The lowest BCUT2D eigenvalue weighted by Crippen LogP contribution is -2.48. The smallest absolute Gasteiger partial charge is 0.160 e. The van der Waals surface area contributed by atoms with Crippen LogP contribution in [0, 0.1) is 0 Å². The molecule has 2 aromatic rings. The van der Waals surface area contributed by atoms with Crippen molar-refractivity contribution >= 4 is 11.2 Å². The normalized spacial score (nSPS) is 24.0. The van der Waals surface area contributed by atoms with Gasteiger partial charge in [0.1, 0.15) is 11.3 Å². The van der Waals surface area contributed by atoms with Crippen molar-refractivity contribution in [1.82, 2.24) is 24.3 Å². The van der Waals surface area contributed by atoms with Crippen LogP contribution in [0.2, 0.25) is 0 Å². The van der Waals surface area contributed by atoms with Gasteiger partial charge in [0.15, 0.2) is 5.65 Å². The Hall–Kier alpha value is -1.46. The fraction of sp³-hybridized carbons (Fsp3) is 0.760. The summed E-state index contributed by atoms with van der Waals surface area (Å²) in [5.41, 5.74) is 2.23. The van der Waals surface area contributed by atoms with Crippen LogP contribution in [0.1, 0.15) is 88.9 Å². The van der Waals surface area contributed by atoms with Gasteiger partial charge >= 0.3 is 0 Å². The zero-order valence-corrected chi connectivity index (χ0v) is 18.8. The zero-order valence-electron chi connectivity index (χ0n) is 18.8. The van der Waals surface area contributed by atoms with Crippen molar-refractivity contribution in [2.45, 2.75) is 89.1 Å². The first-order valence-electron chi connectivity index (χ1n) is 12.6. The van der Waals surface area contributed by atoms with Gasteiger partial charge in [-0.15, -0.1) is 0 Å². The summed E-state index contributed by atoms with van der Waals surface area (Å²) < 4.78 is 2.58. The molecule has 0 N–H and O–H groups in total. The molecule has 1 saturated carbocycles. The average Bonchev–Trinajstić information content (AvgIpc) is 3.20. The molecule has 30 heavy (non-hydrogen) atoms. The molecule has 0 aromatic carbocycles. The first-order chi connectivity index (χ1) is 14.8. The van der Waals surface area contributed by atoms with Crippen LogP contribution in [0.15, 0.2) is 18.3 Å². The summed E-state index contributed by atoms with van der Waals surface area (Å²) in [6.45, 7) is 8.63. The number of hydrogen-bond donors (Lipinski definition) is 0. The lowest BCUT2D eigenvalue weighted by atomic mass is 9.88. The van der Waals surface area contributed by atoms with Crippen molar-refractivity contribution in [3.63, 3.8) is 0 Å².